The Morgan fingerprint density at radius 1 is 0.708 bits per heavy atom. The van der Waals surface area contributed by atoms with Crippen LogP contribution < -0.4 is 11.5 Å². The molecule has 10 heteroatoms. The zero-order valence-corrected chi connectivity index (χ0v) is 28.1. The third-order valence-electron chi connectivity index (χ3n) is 11.3. The maximum absolute atomic E-state index is 13.2. The lowest BCUT2D eigenvalue weighted by molar-refractivity contribution is -0.136. The Labute approximate surface area is 281 Å². The van der Waals surface area contributed by atoms with E-state index in [1.807, 2.05) is 49.9 Å². The van der Waals surface area contributed by atoms with E-state index >= 15 is 0 Å². The van der Waals surface area contributed by atoms with Crippen molar-refractivity contribution >= 4 is 11.8 Å². The number of aromatic amines is 2. The molecular formula is C38H46N8O2. The van der Waals surface area contributed by atoms with Crippen LogP contribution in [-0.4, -0.2) is 65.7 Å². The Kier molecular flexibility index (Phi) is 7.56. The highest BCUT2D eigenvalue weighted by atomic mass is 16.2. The molecule has 8 rings (SSSR count). The smallest absolute Gasteiger partial charge is 0.240 e. The second-order valence-electron chi connectivity index (χ2n) is 15.2. The van der Waals surface area contributed by atoms with E-state index in [9.17, 15) is 9.59 Å². The van der Waals surface area contributed by atoms with Gasteiger partial charge in [-0.3, -0.25) is 9.59 Å². The molecule has 4 heterocycles. The van der Waals surface area contributed by atoms with Crippen LogP contribution in [0.2, 0.25) is 0 Å². The highest BCUT2D eigenvalue weighted by molar-refractivity contribution is 5.84. The average molecular weight is 647 g/mol. The van der Waals surface area contributed by atoms with Gasteiger partial charge in [0.05, 0.1) is 41.8 Å². The minimum absolute atomic E-state index is 0.0385. The molecular weight excluding hydrogens is 600 g/mol. The minimum Gasteiger partial charge on any atom is -0.346 e. The van der Waals surface area contributed by atoms with E-state index < -0.39 is 12.1 Å². The van der Waals surface area contributed by atoms with Gasteiger partial charge in [0.2, 0.25) is 11.8 Å². The molecule has 48 heavy (non-hydrogen) atoms. The summed E-state index contributed by atoms with van der Waals surface area (Å²) in [6, 6.07) is 16.4. The molecule has 4 fully saturated rings. The van der Waals surface area contributed by atoms with Gasteiger partial charge in [-0.2, -0.15) is 0 Å². The second kappa shape index (κ2) is 11.7. The summed E-state index contributed by atoms with van der Waals surface area (Å²) in [7, 11) is 0. The Morgan fingerprint density at radius 3 is 1.71 bits per heavy atom. The number of rotatable bonds is 9. The SMILES string of the molecule is CC(C)C(N)C(=O)N1[C@@H]2C[C@@H]2C[C@H]1c1nc(-c2ccc(-c3ccc(-c4cnc([C@@H]5C[C@@H]6C[C@H]6N5C(=O)[C@@H](N)C(C)C)[nH]4)cc3)cc2)c[nH]1. The first-order valence-electron chi connectivity index (χ1n) is 17.6. The van der Waals surface area contributed by atoms with Gasteiger partial charge in [0.1, 0.15) is 11.6 Å². The first kappa shape index (κ1) is 31.0. The summed E-state index contributed by atoms with van der Waals surface area (Å²) in [4.78, 5) is 47.0. The number of imidazole rings is 2. The molecule has 2 saturated heterocycles. The van der Waals surface area contributed by atoms with E-state index in [0.29, 0.717) is 23.9 Å². The van der Waals surface area contributed by atoms with Crippen LogP contribution in [0, 0.1) is 23.7 Å². The first-order chi connectivity index (χ1) is 23.1. The number of nitrogens with zero attached hydrogens (tertiary/aromatic N) is 4. The van der Waals surface area contributed by atoms with Crippen LogP contribution in [0.15, 0.2) is 60.9 Å². The highest BCUT2D eigenvalue weighted by Gasteiger charge is 2.57. The molecule has 2 aliphatic carbocycles. The van der Waals surface area contributed by atoms with Crippen LogP contribution in [0.1, 0.15) is 77.1 Å². The zero-order valence-electron chi connectivity index (χ0n) is 28.1. The number of nitrogens with one attached hydrogen (secondary N) is 2. The van der Waals surface area contributed by atoms with Crippen LogP contribution in [0.5, 0.6) is 0 Å². The predicted octanol–water partition coefficient (Wildman–Crippen LogP) is 5.42. The molecule has 0 bridgehead atoms. The maximum Gasteiger partial charge on any atom is 0.240 e. The summed E-state index contributed by atoms with van der Waals surface area (Å²) >= 11 is 0. The van der Waals surface area contributed by atoms with Crippen LogP contribution >= 0.6 is 0 Å². The number of H-pyrrole nitrogens is 2. The van der Waals surface area contributed by atoms with Gasteiger partial charge in [-0.15, -0.1) is 0 Å². The fraction of sp³-hybridized carbons (Fsp3) is 0.474. The Morgan fingerprint density at radius 2 is 1.19 bits per heavy atom. The summed E-state index contributed by atoms with van der Waals surface area (Å²) in [6.45, 7) is 7.99. The summed E-state index contributed by atoms with van der Waals surface area (Å²) in [5, 5.41) is 0. The summed E-state index contributed by atoms with van der Waals surface area (Å²) < 4.78 is 0. The second-order valence-corrected chi connectivity index (χ2v) is 15.2. The lowest BCUT2D eigenvalue weighted by Crippen LogP contribution is -2.47. The van der Waals surface area contributed by atoms with E-state index in [2.05, 4.69) is 58.5 Å². The number of benzene rings is 2. The Balaban J connectivity index is 0.943. The first-order valence-corrected chi connectivity index (χ1v) is 17.6. The number of fused-ring (bicyclic) bond motifs is 2. The third kappa shape index (κ3) is 5.35. The number of nitrogens with two attached hydrogens (primary N) is 2. The van der Waals surface area contributed by atoms with Crippen molar-refractivity contribution in [2.24, 2.45) is 35.1 Å². The van der Waals surface area contributed by atoms with Gasteiger partial charge in [-0.25, -0.2) is 9.97 Å². The molecule has 8 atom stereocenters. The topological polar surface area (TPSA) is 150 Å². The quantitative estimate of drug-likeness (QED) is 0.191. The number of piperidine rings is 2. The molecule has 2 aromatic heterocycles. The van der Waals surface area contributed by atoms with Crippen molar-refractivity contribution in [2.75, 3.05) is 0 Å². The monoisotopic (exact) mass is 646 g/mol. The number of carbonyl (C=O) groups is 2. The fourth-order valence-corrected chi connectivity index (χ4v) is 7.93. The molecule has 4 aromatic rings. The molecule has 2 amide bonds. The summed E-state index contributed by atoms with van der Waals surface area (Å²) in [5.41, 5.74) is 18.7. The normalized spacial score (nSPS) is 26.9. The van der Waals surface area contributed by atoms with Crippen LogP contribution in [0.3, 0.4) is 0 Å². The lowest BCUT2D eigenvalue weighted by Gasteiger charge is -2.30. The van der Waals surface area contributed by atoms with Gasteiger partial charge in [0.25, 0.3) is 0 Å². The van der Waals surface area contributed by atoms with Crippen molar-refractivity contribution < 1.29 is 9.59 Å². The third-order valence-corrected chi connectivity index (χ3v) is 11.3. The fourth-order valence-electron chi connectivity index (χ4n) is 7.93. The van der Waals surface area contributed by atoms with Crippen molar-refractivity contribution in [3.05, 3.63) is 72.6 Å². The molecule has 10 nitrogen and oxygen atoms in total. The number of carbonyl (C=O) groups excluding carboxylic acids is 2. The van der Waals surface area contributed by atoms with E-state index in [4.69, 9.17) is 21.4 Å². The molecule has 0 radical (unpaired) electrons. The van der Waals surface area contributed by atoms with Crippen molar-refractivity contribution in [2.45, 2.75) is 89.6 Å². The number of amides is 2. The predicted molar refractivity (Wildman–Crippen MR) is 185 cm³/mol. The van der Waals surface area contributed by atoms with E-state index in [1.54, 1.807) is 0 Å². The highest BCUT2D eigenvalue weighted by Crippen LogP contribution is 2.54. The minimum atomic E-state index is -0.487. The molecule has 4 aliphatic rings. The van der Waals surface area contributed by atoms with Gasteiger partial charge < -0.3 is 31.2 Å². The van der Waals surface area contributed by atoms with Crippen molar-refractivity contribution in [3.8, 4) is 33.6 Å². The molecule has 2 aliphatic heterocycles. The number of hydrogen-bond acceptors (Lipinski definition) is 6. The number of likely N-dealkylation sites (tertiary alicyclic amines) is 2. The standard InChI is InChI=1S/C38H46N8O2/c1-19(2)33(39)37(47)45-29-13-25(29)15-31(45)35-41-17-27(43-35)23-9-5-21(6-10-23)22-7-11-24(12-8-22)28-18-42-36(44-28)32-16-26-14-30(26)46(32)38(48)34(40)20(3)4/h5-12,17-20,25-26,29-34H,13-16,39-40H2,1-4H3,(H,41,43)(H,42,44)/t25-,26+,29-,30-,31+,32+,33?,34+/m1/s1. The van der Waals surface area contributed by atoms with Gasteiger partial charge in [0.15, 0.2) is 0 Å². The Bertz CT molecular complexity index is 1690. The van der Waals surface area contributed by atoms with Crippen molar-refractivity contribution in [3.63, 3.8) is 0 Å². The van der Waals surface area contributed by atoms with Crippen LogP contribution in [0.4, 0.5) is 0 Å². The number of hydrogen-bond donors (Lipinski definition) is 4. The lowest BCUT2D eigenvalue weighted by atomic mass is 10.0. The van der Waals surface area contributed by atoms with E-state index in [1.165, 1.54) is 0 Å². The molecule has 1 unspecified atom stereocenters. The van der Waals surface area contributed by atoms with Gasteiger partial charge in [-0.05, 0) is 66.0 Å². The molecule has 2 saturated carbocycles. The number of aromatic nitrogens is 4. The largest absolute Gasteiger partial charge is 0.346 e. The van der Waals surface area contributed by atoms with Gasteiger partial charge in [-0.1, -0.05) is 76.2 Å². The average Bonchev–Trinajstić information content (AvgIpc) is 3.69. The molecule has 2 aromatic carbocycles. The van der Waals surface area contributed by atoms with Crippen LogP contribution in [-0.2, 0) is 9.59 Å². The van der Waals surface area contributed by atoms with Gasteiger partial charge in [0, 0.05) is 23.8 Å². The van der Waals surface area contributed by atoms with Crippen molar-refractivity contribution in [1.82, 2.24) is 29.7 Å². The van der Waals surface area contributed by atoms with Crippen molar-refractivity contribution in [1.29, 1.82) is 0 Å². The summed E-state index contributed by atoms with van der Waals surface area (Å²) in [5.74, 6) is 3.07. The van der Waals surface area contributed by atoms with Crippen LogP contribution in [0.25, 0.3) is 33.6 Å². The Hall–Kier alpha value is -4.28. The molecule has 0 spiro atoms. The van der Waals surface area contributed by atoms with E-state index in [0.717, 1.165) is 71.0 Å². The maximum atomic E-state index is 13.2. The van der Waals surface area contributed by atoms with E-state index in [-0.39, 0.29) is 35.7 Å². The molecule has 250 valence electrons. The zero-order chi connectivity index (χ0) is 33.4. The summed E-state index contributed by atoms with van der Waals surface area (Å²) in [6.07, 6.45) is 7.83. The molecule has 6 N–H and O–H groups in total. The van der Waals surface area contributed by atoms with Gasteiger partial charge >= 0.3 is 0 Å².